The Morgan fingerprint density at radius 3 is 2.68 bits per heavy atom. The Morgan fingerprint density at radius 2 is 1.91 bits per heavy atom. The first-order chi connectivity index (χ1) is 10.7. The van der Waals surface area contributed by atoms with Gasteiger partial charge in [-0.2, -0.15) is 0 Å². The molecule has 0 aromatic heterocycles. The second-order valence-electron chi connectivity index (χ2n) is 5.79. The molecule has 0 bridgehead atoms. The lowest BCUT2D eigenvalue weighted by molar-refractivity contribution is -0.120. The monoisotopic (exact) mass is 299 g/mol. The zero-order chi connectivity index (χ0) is 15.8. The van der Waals surface area contributed by atoms with E-state index in [1.165, 1.54) is 0 Å². The molecule has 3 heteroatoms. The van der Waals surface area contributed by atoms with Gasteiger partial charge in [0.15, 0.2) is 0 Å². The van der Waals surface area contributed by atoms with E-state index in [9.17, 15) is 4.79 Å². The molecule has 0 aliphatic carbocycles. The fraction of sp³-hybridized carbons (Fsp3) is 0.421. The molecule has 2 aromatic carbocycles. The minimum atomic E-state index is 0.0513. The summed E-state index contributed by atoms with van der Waals surface area (Å²) in [5.74, 6) is 0.418. The van der Waals surface area contributed by atoms with Crippen molar-refractivity contribution in [3.05, 3.63) is 48.0 Å². The molecule has 0 spiro atoms. The SMILES string of the molecule is CCCC(CCO)CNC(=O)Cc1cccc2ccccc12. The molecule has 0 fully saturated rings. The molecular weight excluding hydrogens is 274 g/mol. The van der Waals surface area contributed by atoms with E-state index in [0.717, 1.165) is 35.6 Å². The summed E-state index contributed by atoms with van der Waals surface area (Å²) < 4.78 is 0. The Kier molecular flexibility index (Phi) is 6.41. The number of benzene rings is 2. The third-order valence-corrected chi connectivity index (χ3v) is 4.05. The third-order valence-electron chi connectivity index (χ3n) is 4.05. The number of fused-ring (bicyclic) bond motifs is 1. The molecule has 0 saturated carbocycles. The van der Waals surface area contributed by atoms with Crippen LogP contribution in [0.15, 0.2) is 42.5 Å². The number of carbonyl (C=O) groups excluding carboxylic acids is 1. The maximum Gasteiger partial charge on any atom is 0.224 e. The number of aliphatic hydroxyl groups is 1. The molecule has 1 amide bonds. The topological polar surface area (TPSA) is 49.3 Å². The van der Waals surface area contributed by atoms with Crippen LogP contribution >= 0.6 is 0 Å². The van der Waals surface area contributed by atoms with Crippen LogP contribution in [-0.2, 0) is 11.2 Å². The van der Waals surface area contributed by atoms with Crippen LogP contribution in [0.3, 0.4) is 0 Å². The Morgan fingerprint density at radius 1 is 1.14 bits per heavy atom. The highest BCUT2D eigenvalue weighted by molar-refractivity contribution is 5.90. The standard InChI is InChI=1S/C19H25NO2/c1-2-6-15(11-12-21)14-20-19(22)13-17-9-5-8-16-7-3-4-10-18(16)17/h3-5,7-10,15,21H,2,6,11-14H2,1H3,(H,20,22). The van der Waals surface area contributed by atoms with Gasteiger partial charge >= 0.3 is 0 Å². The van der Waals surface area contributed by atoms with Crippen LogP contribution in [0.25, 0.3) is 10.8 Å². The Balaban J connectivity index is 1.96. The van der Waals surface area contributed by atoms with E-state index in [2.05, 4.69) is 30.4 Å². The van der Waals surface area contributed by atoms with Crippen LogP contribution in [0.4, 0.5) is 0 Å². The molecule has 22 heavy (non-hydrogen) atoms. The van der Waals surface area contributed by atoms with Crippen molar-refractivity contribution in [2.75, 3.05) is 13.2 Å². The number of hydrogen-bond acceptors (Lipinski definition) is 2. The molecule has 0 aliphatic rings. The fourth-order valence-electron chi connectivity index (χ4n) is 2.88. The normalized spacial score (nSPS) is 12.3. The van der Waals surface area contributed by atoms with E-state index >= 15 is 0 Å². The molecule has 1 unspecified atom stereocenters. The molecule has 0 aliphatic heterocycles. The molecule has 2 N–H and O–H groups in total. The van der Waals surface area contributed by atoms with Gasteiger partial charge in [-0.25, -0.2) is 0 Å². The van der Waals surface area contributed by atoms with Crippen LogP contribution in [0, 0.1) is 5.92 Å². The smallest absolute Gasteiger partial charge is 0.224 e. The molecule has 0 heterocycles. The summed E-state index contributed by atoms with van der Waals surface area (Å²) in [6.45, 7) is 2.96. The van der Waals surface area contributed by atoms with Crippen LogP contribution in [0.1, 0.15) is 31.7 Å². The van der Waals surface area contributed by atoms with Crippen molar-refractivity contribution in [3.63, 3.8) is 0 Å². The maximum atomic E-state index is 12.2. The van der Waals surface area contributed by atoms with Crippen molar-refractivity contribution in [3.8, 4) is 0 Å². The van der Waals surface area contributed by atoms with Crippen molar-refractivity contribution in [2.45, 2.75) is 32.6 Å². The van der Waals surface area contributed by atoms with Gasteiger partial charge in [-0.3, -0.25) is 4.79 Å². The Labute approximate surface area is 132 Å². The number of hydrogen-bond donors (Lipinski definition) is 2. The van der Waals surface area contributed by atoms with Crippen molar-refractivity contribution >= 4 is 16.7 Å². The highest BCUT2D eigenvalue weighted by Gasteiger charge is 2.11. The van der Waals surface area contributed by atoms with Gasteiger partial charge in [-0.05, 0) is 35.1 Å². The summed E-state index contributed by atoms with van der Waals surface area (Å²) in [4.78, 5) is 12.2. The summed E-state index contributed by atoms with van der Waals surface area (Å²) in [7, 11) is 0. The average Bonchev–Trinajstić information content (AvgIpc) is 2.53. The van der Waals surface area contributed by atoms with Crippen LogP contribution < -0.4 is 5.32 Å². The highest BCUT2D eigenvalue weighted by Crippen LogP contribution is 2.19. The van der Waals surface area contributed by atoms with Gasteiger partial charge in [0, 0.05) is 13.2 Å². The summed E-state index contributed by atoms with van der Waals surface area (Å²) in [6.07, 6.45) is 3.26. The van der Waals surface area contributed by atoms with Crippen LogP contribution in [0.5, 0.6) is 0 Å². The van der Waals surface area contributed by atoms with Gasteiger partial charge in [-0.1, -0.05) is 55.8 Å². The van der Waals surface area contributed by atoms with Gasteiger partial charge in [0.2, 0.25) is 5.91 Å². The minimum absolute atomic E-state index is 0.0513. The van der Waals surface area contributed by atoms with Gasteiger partial charge in [0.05, 0.1) is 6.42 Å². The largest absolute Gasteiger partial charge is 0.396 e. The van der Waals surface area contributed by atoms with Gasteiger partial charge in [0.25, 0.3) is 0 Å². The maximum absolute atomic E-state index is 12.2. The van der Waals surface area contributed by atoms with Gasteiger partial charge < -0.3 is 10.4 Å². The lowest BCUT2D eigenvalue weighted by atomic mass is 9.99. The number of aliphatic hydroxyl groups excluding tert-OH is 1. The van der Waals surface area contributed by atoms with Crippen molar-refractivity contribution < 1.29 is 9.90 Å². The fourth-order valence-corrected chi connectivity index (χ4v) is 2.88. The second-order valence-corrected chi connectivity index (χ2v) is 5.79. The van der Waals surface area contributed by atoms with Crippen molar-refractivity contribution in [1.29, 1.82) is 0 Å². The predicted octanol–water partition coefficient (Wildman–Crippen LogP) is 3.30. The Bertz CT molecular complexity index is 598. The molecule has 2 rings (SSSR count). The van der Waals surface area contributed by atoms with Gasteiger partial charge in [-0.15, -0.1) is 0 Å². The Hall–Kier alpha value is -1.87. The number of nitrogens with one attached hydrogen (secondary N) is 1. The zero-order valence-electron chi connectivity index (χ0n) is 13.2. The lowest BCUT2D eigenvalue weighted by Crippen LogP contribution is -2.31. The first-order valence-corrected chi connectivity index (χ1v) is 8.08. The van der Waals surface area contributed by atoms with E-state index < -0.39 is 0 Å². The molecular formula is C19H25NO2. The third kappa shape index (κ3) is 4.57. The molecule has 3 nitrogen and oxygen atoms in total. The number of rotatable bonds is 8. The quantitative estimate of drug-likeness (QED) is 0.786. The first kappa shape index (κ1) is 16.5. The van der Waals surface area contributed by atoms with E-state index in [4.69, 9.17) is 5.11 Å². The second kappa shape index (κ2) is 8.54. The van der Waals surface area contributed by atoms with E-state index in [1.54, 1.807) is 0 Å². The van der Waals surface area contributed by atoms with E-state index in [1.807, 2.05) is 24.3 Å². The molecule has 1 atom stereocenters. The van der Waals surface area contributed by atoms with Gasteiger partial charge in [0.1, 0.15) is 0 Å². The molecule has 0 radical (unpaired) electrons. The van der Waals surface area contributed by atoms with Crippen molar-refractivity contribution in [1.82, 2.24) is 5.32 Å². The molecule has 0 saturated heterocycles. The number of amides is 1. The zero-order valence-corrected chi connectivity index (χ0v) is 13.2. The number of carbonyl (C=O) groups is 1. The summed E-state index contributed by atoms with van der Waals surface area (Å²) in [6, 6.07) is 14.2. The van der Waals surface area contributed by atoms with Crippen LogP contribution in [-0.4, -0.2) is 24.2 Å². The first-order valence-electron chi connectivity index (χ1n) is 8.08. The summed E-state index contributed by atoms with van der Waals surface area (Å²) in [5.41, 5.74) is 1.06. The van der Waals surface area contributed by atoms with Crippen LogP contribution in [0.2, 0.25) is 0 Å². The van der Waals surface area contributed by atoms with E-state index in [0.29, 0.717) is 18.9 Å². The summed E-state index contributed by atoms with van der Waals surface area (Å²) >= 11 is 0. The van der Waals surface area contributed by atoms with Crippen molar-refractivity contribution in [2.24, 2.45) is 5.92 Å². The molecule has 118 valence electrons. The lowest BCUT2D eigenvalue weighted by Gasteiger charge is -2.16. The minimum Gasteiger partial charge on any atom is -0.396 e. The average molecular weight is 299 g/mol. The summed E-state index contributed by atoms with van der Waals surface area (Å²) in [5, 5.41) is 14.4. The highest BCUT2D eigenvalue weighted by atomic mass is 16.3. The van der Waals surface area contributed by atoms with E-state index in [-0.39, 0.29) is 12.5 Å². The predicted molar refractivity (Wildman–Crippen MR) is 90.8 cm³/mol. The molecule has 2 aromatic rings.